The van der Waals surface area contributed by atoms with E-state index in [4.69, 9.17) is 0 Å². The molecule has 2 heteroatoms. The van der Waals surface area contributed by atoms with Gasteiger partial charge in [-0.15, -0.1) is 0 Å². The van der Waals surface area contributed by atoms with Crippen molar-refractivity contribution in [2.24, 2.45) is 0 Å². The van der Waals surface area contributed by atoms with Crippen molar-refractivity contribution in [2.75, 3.05) is 11.7 Å². The zero-order valence-corrected chi connectivity index (χ0v) is 8.17. The summed E-state index contributed by atoms with van der Waals surface area (Å²) in [5.41, 5.74) is 2.18. The number of halogens is 1. The zero-order valence-electron chi connectivity index (χ0n) is 8.17. The standard InChI is InChI=1S/C12H14FN/c13-14-9-12(7-3-4-8-12)10-5-1-2-6-11(10)14/h1-2,5-6H,3-4,7-9H2. The Labute approximate surface area is 83.5 Å². The number of hydrogen-bond donors (Lipinski definition) is 0. The highest BCUT2D eigenvalue weighted by atomic mass is 19.2. The van der Waals surface area contributed by atoms with Crippen LogP contribution in [0, 0.1) is 0 Å². The number of para-hydroxylation sites is 1. The predicted molar refractivity (Wildman–Crippen MR) is 55.0 cm³/mol. The van der Waals surface area contributed by atoms with Crippen molar-refractivity contribution in [1.82, 2.24) is 0 Å². The van der Waals surface area contributed by atoms with Gasteiger partial charge in [0.05, 0.1) is 12.2 Å². The van der Waals surface area contributed by atoms with Gasteiger partial charge in [0.25, 0.3) is 0 Å². The number of nitrogens with zero attached hydrogens (tertiary/aromatic N) is 1. The minimum atomic E-state index is 0.144. The molecule has 0 atom stereocenters. The van der Waals surface area contributed by atoms with Gasteiger partial charge in [-0.1, -0.05) is 35.5 Å². The molecule has 0 N–H and O–H groups in total. The van der Waals surface area contributed by atoms with Crippen LogP contribution in [0.5, 0.6) is 0 Å². The van der Waals surface area contributed by atoms with Gasteiger partial charge >= 0.3 is 0 Å². The fraction of sp³-hybridized carbons (Fsp3) is 0.500. The maximum atomic E-state index is 13.6. The van der Waals surface area contributed by atoms with E-state index in [-0.39, 0.29) is 5.41 Å². The third kappa shape index (κ3) is 0.941. The Bertz CT molecular complexity index is 355. The number of benzene rings is 1. The summed E-state index contributed by atoms with van der Waals surface area (Å²) in [5.74, 6) is 0. The van der Waals surface area contributed by atoms with Gasteiger partial charge in [0.15, 0.2) is 0 Å². The number of fused-ring (bicyclic) bond motifs is 2. The maximum absolute atomic E-state index is 13.6. The highest BCUT2D eigenvalue weighted by molar-refractivity contribution is 5.61. The topological polar surface area (TPSA) is 3.24 Å². The summed E-state index contributed by atoms with van der Waals surface area (Å²) in [5, 5.41) is 0.931. The Morgan fingerprint density at radius 2 is 1.86 bits per heavy atom. The summed E-state index contributed by atoms with van der Waals surface area (Å²) in [6.45, 7) is 0.576. The van der Waals surface area contributed by atoms with Crippen molar-refractivity contribution < 1.29 is 4.48 Å². The van der Waals surface area contributed by atoms with E-state index in [1.54, 1.807) is 0 Å². The summed E-state index contributed by atoms with van der Waals surface area (Å²) in [7, 11) is 0. The van der Waals surface area contributed by atoms with Crippen LogP contribution >= 0.6 is 0 Å². The summed E-state index contributed by atoms with van der Waals surface area (Å²) in [6, 6.07) is 7.93. The Kier molecular flexibility index (Phi) is 1.61. The minimum absolute atomic E-state index is 0.144. The van der Waals surface area contributed by atoms with Crippen LogP contribution in [0.3, 0.4) is 0 Å². The molecule has 1 aliphatic carbocycles. The molecule has 1 spiro atoms. The summed E-state index contributed by atoms with van der Waals surface area (Å²) in [6.07, 6.45) is 4.82. The van der Waals surface area contributed by atoms with Crippen molar-refractivity contribution in [1.29, 1.82) is 0 Å². The van der Waals surface area contributed by atoms with Gasteiger partial charge in [-0.25, -0.2) is 5.12 Å². The van der Waals surface area contributed by atoms with E-state index in [1.807, 2.05) is 18.2 Å². The SMILES string of the molecule is FN1CC2(CCCC2)c2ccccc21. The van der Waals surface area contributed by atoms with Crippen LogP contribution in [0.2, 0.25) is 0 Å². The lowest BCUT2D eigenvalue weighted by Gasteiger charge is -2.22. The lowest BCUT2D eigenvalue weighted by atomic mass is 9.81. The third-order valence-electron chi connectivity index (χ3n) is 3.74. The van der Waals surface area contributed by atoms with Gasteiger partial charge in [0, 0.05) is 5.41 Å². The van der Waals surface area contributed by atoms with Crippen LogP contribution < -0.4 is 5.12 Å². The van der Waals surface area contributed by atoms with Crippen LogP contribution in [0.4, 0.5) is 10.2 Å². The number of hydrogen-bond acceptors (Lipinski definition) is 1. The van der Waals surface area contributed by atoms with Crippen LogP contribution in [0.15, 0.2) is 24.3 Å². The molecule has 1 fully saturated rings. The molecule has 0 radical (unpaired) electrons. The average molecular weight is 191 g/mol. The molecule has 1 saturated carbocycles. The first-order valence-corrected chi connectivity index (χ1v) is 5.35. The molecule has 1 heterocycles. The zero-order chi connectivity index (χ0) is 9.60. The van der Waals surface area contributed by atoms with Crippen LogP contribution in [0.1, 0.15) is 31.2 Å². The molecule has 1 aromatic carbocycles. The van der Waals surface area contributed by atoms with E-state index in [9.17, 15) is 4.48 Å². The van der Waals surface area contributed by atoms with Crippen LogP contribution in [-0.4, -0.2) is 6.54 Å². The van der Waals surface area contributed by atoms with E-state index in [1.165, 1.54) is 18.4 Å². The van der Waals surface area contributed by atoms with Gasteiger partial charge in [-0.2, -0.15) is 0 Å². The third-order valence-corrected chi connectivity index (χ3v) is 3.74. The Hall–Kier alpha value is -1.05. The highest BCUT2D eigenvalue weighted by Crippen LogP contribution is 2.50. The van der Waals surface area contributed by atoms with Crippen molar-refractivity contribution in [3.8, 4) is 0 Å². The van der Waals surface area contributed by atoms with Gasteiger partial charge in [0.2, 0.25) is 0 Å². The molecule has 0 amide bonds. The fourth-order valence-electron chi connectivity index (χ4n) is 3.05. The highest BCUT2D eigenvalue weighted by Gasteiger charge is 2.44. The normalized spacial score (nSPS) is 23.1. The second kappa shape index (κ2) is 2.72. The average Bonchev–Trinajstić information content (AvgIpc) is 2.77. The van der Waals surface area contributed by atoms with E-state index in [0.29, 0.717) is 6.54 Å². The van der Waals surface area contributed by atoms with E-state index < -0.39 is 0 Å². The minimum Gasteiger partial charge on any atom is -0.211 e. The molecule has 1 nitrogen and oxygen atoms in total. The molecule has 2 aliphatic rings. The molecule has 1 aliphatic heterocycles. The molecule has 14 heavy (non-hydrogen) atoms. The molecule has 74 valence electrons. The second-order valence-corrected chi connectivity index (χ2v) is 4.52. The maximum Gasteiger partial charge on any atom is 0.0726 e. The molecular formula is C12H14FN. The number of rotatable bonds is 0. The summed E-state index contributed by atoms with van der Waals surface area (Å²) in [4.78, 5) is 0. The Morgan fingerprint density at radius 1 is 1.14 bits per heavy atom. The summed E-state index contributed by atoms with van der Waals surface area (Å²) >= 11 is 0. The molecule has 3 rings (SSSR count). The first-order valence-electron chi connectivity index (χ1n) is 5.35. The predicted octanol–water partition coefficient (Wildman–Crippen LogP) is 3.20. The van der Waals surface area contributed by atoms with E-state index in [2.05, 4.69) is 6.07 Å². The van der Waals surface area contributed by atoms with E-state index in [0.717, 1.165) is 23.7 Å². The van der Waals surface area contributed by atoms with Gasteiger partial charge in [-0.05, 0) is 24.5 Å². The molecular weight excluding hydrogens is 177 g/mol. The monoisotopic (exact) mass is 191 g/mol. The molecule has 0 unspecified atom stereocenters. The Balaban J connectivity index is 2.13. The first-order chi connectivity index (χ1) is 6.82. The van der Waals surface area contributed by atoms with Crippen LogP contribution in [0.25, 0.3) is 0 Å². The Morgan fingerprint density at radius 3 is 2.64 bits per heavy atom. The van der Waals surface area contributed by atoms with Crippen molar-refractivity contribution in [2.45, 2.75) is 31.1 Å². The fourth-order valence-corrected chi connectivity index (χ4v) is 3.05. The molecule has 1 aromatic rings. The van der Waals surface area contributed by atoms with E-state index >= 15 is 0 Å². The van der Waals surface area contributed by atoms with Crippen molar-refractivity contribution in [3.05, 3.63) is 29.8 Å². The van der Waals surface area contributed by atoms with Gasteiger partial charge < -0.3 is 0 Å². The largest absolute Gasteiger partial charge is 0.211 e. The summed E-state index contributed by atoms with van der Waals surface area (Å²) < 4.78 is 13.6. The smallest absolute Gasteiger partial charge is 0.0726 e. The quantitative estimate of drug-likeness (QED) is 0.569. The lowest BCUT2D eigenvalue weighted by molar-refractivity contribution is 0.373. The van der Waals surface area contributed by atoms with Crippen molar-refractivity contribution in [3.63, 3.8) is 0 Å². The first kappa shape index (κ1) is 8.27. The number of anilines is 1. The van der Waals surface area contributed by atoms with Crippen LogP contribution in [-0.2, 0) is 5.41 Å². The molecule has 0 saturated heterocycles. The molecule has 0 aromatic heterocycles. The molecule has 0 bridgehead atoms. The van der Waals surface area contributed by atoms with Gasteiger partial charge in [0.1, 0.15) is 0 Å². The van der Waals surface area contributed by atoms with Gasteiger partial charge in [-0.3, -0.25) is 0 Å². The van der Waals surface area contributed by atoms with Crippen molar-refractivity contribution >= 4 is 5.69 Å². The second-order valence-electron chi connectivity index (χ2n) is 4.52. The lowest BCUT2D eigenvalue weighted by Crippen LogP contribution is -2.26.